The first-order chi connectivity index (χ1) is 9.65. The third kappa shape index (κ3) is 4.97. The van der Waals surface area contributed by atoms with Crippen LogP contribution >= 0.6 is 11.6 Å². The van der Waals surface area contributed by atoms with Gasteiger partial charge in [-0.25, -0.2) is 0 Å². The van der Waals surface area contributed by atoms with E-state index in [0.29, 0.717) is 6.04 Å². The first kappa shape index (κ1) is 15.6. The summed E-state index contributed by atoms with van der Waals surface area (Å²) in [6.07, 6.45) is 1.24. The molecule has 20 heavy (non-hydrogen) atoms. The minimum atomic E-state index is 0.637. The molecule has 0 saturated carbocycles. The van der Waals surface area contributed by atoms with Crippen LogP contribution in [-0.2, 0) is 0 Å². The Morgan fingerprint density at radius 1 is 1.35 bits per heavy atom. The topological polar surface area (TPSA) is 24.5 Å². The molecule has 3 nitrogen and oxygen atoms in total. The Morgan fingerprint density at radius 3 is 2.80 bits per heavy atom. The summed E-state index contributed by atoms with van der Waals surface area (Å²) in [5, 5.41) is 4.23. The van der Waals surface area contributed by atoms with E-state index in [9.17, 15) is 0 Å². The van der Waals surface area contributed by atoms with Crippen molar-refractivity contribution in [2.45, 2.75) is 26.3 Å². The molecule has 0 spiro atoms. The number of hydrogen-bond acceptors (Lipinski definition) is 3. The molecule has 2 rings (SSSR count). The fourth-order valence-corrected chi connectivity index (χ4v) is 2.81. The van der Waals surface area contributed by atoms with E-state index in [0.717, 1.165) is 49.5 Å². The molecular weight excluding hydrogens is 272 g/mol. The summed E-state index contributed by atoms with van der Waals surface area (Å²) in [6.45, 7) is 9.59. The molecule has 1 heterocycles. The van der Waals surface area contributed by atoms with Gasteiger partial charge in [0.25, 0.3) is 0 Å². The third-order valence-electron chi connectivity index (χ3n) is 3.68. The van der Waals surface area contributed by atoms with Crippen molar-refractivity contribution in [3.63, 3.8) is 0 Å². The van der Waals surface area contributed by atoms with Crippen LogP contribution in [0.2, 0.25) is 5.02 Å². The van der Waals surface area contributed by atoms with Gasteiger partial charge in [-0.15, -0.1) is 0 Å². The molecule has 0 amide bonds. The van der Waals surface area contributed by atoms with Gasteiger partial charge in [-0.3, -0.25) is 4.90 Å². The summed E-state index contributed by atoms with van der Waals surface area (Å²) in [7, 11) is 0. The van der Waals surface area contributed by atoms with Crippen molar-refractivity contribution in [3.05, 3.63) is 29.3 Å². The van der Waals surface area contributed by atoms with Gasteiger partial charge in [0.05, 0.1) is 0 Å². The summed E-state index contributed by atoms with van der Waals surface area (Å²) in [5.41, 5.74) is 0. The molecule has 1 fully saturated rings. The molecule has 1 aliphatic rings. The van der Waals surface area contributed by atoms with E-state index in [1.165, 1.54) is 6.42 Å². The average molecular weight is 297 g/mol. The quantitative estimate of drug-likeness (QED) is 0.873. The highest BCUT2D eigenvalue weighted by atomic mass is 35.5. The SMILES string of the molecule is CC(C)CC1CNCCN1CCOc1ccc(Cl)cc1. The first-order valence-corrected chi connectivity index (χ1v) is 7.86. The summed E-state index contributed by atoms with van der Waals surface area (Å²) >= 11 is 5.86. The highest BCUT2D eigenvalue weighted by molar-refractivity contribution is 6.30. The largest absolute Gasteiger partial charge is 0.492 e. The van der Waals surface area contributed by atoms with Crippen LogP contribution in [0.4, 0.5) is 0 Å². The number of ether oxygens (including phenoxy) is 1. The molecule has 1 aliphatic heterocycles. The second-order valence-electron chi connectivity index (χ2n) is 5.83. The zero-order valence-corrected chi connectivity index (χ0v) is 13.2. The van der Waals surface area contributed by atoms with Crippen LogP contribution in [0.5, 0.6) is 5.75 Å². The van der Waals surface area contributed by atoms with Crippen LogP contribution in [-0.4, -0.2) is 43.7 Å². The maximum atomic E-state index is 5.86. The van der Waals surface area contributed by atoms with Crippen LogP contribution in [0.1, 0.15) is 20.3 Å². The van der Waals surface area contributed by atoms with Gasteiger partial charge >= 0.3 is 0 Å². The second-order valence-corrected chi connectivity index (χ2v) is 6.26. The number of benzene rings is 1. The molecule has 0 radical (unpaired) electrons. The lowest BCUT2D eigenvalue weighted by Gasteiger charge is -2.37. The van der Waals surface area contributed by atoms with Crippen molar-refractivity contribution in [2.75, 3.05) is 32.8 Å². The number of nitrogens with one attached hydrogen (secondary N) is 1. The zero-order chi connectivity index (χ0) is 14.4. The van der Waals surface area contributed by atoms with Crippen LogP contribution < -0.4 is 10.1 Å². The lowest BCUT2D eigenvalue weighted by molar-refractivity contribution is 0.119. The van der Waals surface area contributed by atoms with Gasteiger partial charge < -0.3 is 10.1 Å². The number of piperazine rings is 1. The van der Waals surface area contributed by atoms with Crippen molar-refractivity contribution >= 4 is 11.6 Å². The summed E-state index contributed by atoms with van der Waals surface area (Å²) in [4.78, 5) is 2.55. The smallest absolute Gasteiger partial charge is 0.119 e. The van der Waals surface area contributed by atoms with Crippen LogP contribution in [0.25, 0.3) is 0 Å². The second kappa shape index (κ2) is 7.87. The van der Waals surface area contributed by atoms with Crippen LogP contribution in [0, 0.1) is 5.92 Å². The van der Waals surface area contributed by atoms with E-state index in [4.69, 9.17) is 16.3 Å². The van der Waals surface area contributed by atoms with E-state index in [2.05, 4.69) is 24.1 Å². The number of nitrogens with zero attached hydrogens (tertiary/aromatic N) is 1. The lowest BCUT2D eigenvalue weighted by Crippen LogP contribution is -2.52. The molecule has 1 N–H and O–H groups in total. The van der Waals surface area contributed by atoms with E-state index in [1.54, 1.807) is 0 Å². The minimum Gasteiger partial charge on any atom is -0.492 e. The zero-order valence-electron chi connectivity index (χ0n) is 12.4. The first-order valence-electron chi connectivity index (χ1n) is 7.48. The average Bonchev–Trinajstić information content (AvgIpc) is 2.42. The Bertz CT molecular complexity index is 394. The molecular formula is C16H25ClN2O. The van der Waals surface area contributed by atoms with E-state index in [-0.39, 0.29) is 0 Å². The van der Waals surface area contributed by atoms with Crippen LogP contribution in [0.15, 0.2) is 24.3 Å². The molecule has 0 bridgehead atoms. The number of rotatable bonds is 6. The normalized spacial score (nSPS) is 20.3. The van der Waals surface area contributed by atoms with Gasteiger partial charge in [-0.1, -0.05) is 25.4 Å². The van der Waals surface area contributed by atoms with Gasteiger partial charge in [0.2, 0.25) is 0 Å². The van der Waals surface area contributed by atoms with Crippen molar-refractivity contribution < 1.29 is 4.74 Å². The molecule has 1 saturated heterocycles. The summed E-state index contributed by atoms with van der Waals surface area (Å²) in [6, 6.07) is 8.21. The third-order valence-corrected chi connectivity index (χ3v) is 3.93. The molecule has 4 heteroatoms. The van der Waals surface area contributed by atoms with E-state index >= 15 is 0 Å². The fraction of sp³-hybridized carbons (Fsp3) is 0.625. The van der Waals surface area contributed by atoms with Crippen molar-refractivity contribution in [1.29, 1.82) is 0 Å². The van der Waals surface area contributed by atoms with Gasteiger partial charge in [0.15, 0.2) is 0 Å². The molecule has 1 unspecified atom stereocenters. The lowest BCUT2D eigenvalue weighted by atomic mass is 10.0. The van der Waals surface area contributed by atoms with Gasteiger partial charge in [0, 0.05) is 37.2 Å². The Balaban J connectivity index is 1.77. The van der Waals surface area contributed by atoms with Crippen molar-refractivity contribution in [1.82, 2.24) is 10.2 Å². The molecule has 1 aromatic rings. The number of halogens is 1. The van der Waals surface area contributed by atoms with Gasteiger partial charge in [-0.2, -0.15) is 0 Å². The van der Waals surface area contributed by atoms with Gasteiger partial charge in [0.1, 0.15) is 12.4 Å². The maximum Gasteiger partial charge on any atom is 0.119 e. The van der Waals surface area contributed by atoms with Crippen molar-refractivity contribution in [3.8, 4) is 5.75 Å². The predicted molar refractivity (Wildman–Crippen MR) is 84.6 cm³/mol. The standard InChI is InChI=1S/C16H25ClN2O/c1-13(2)11-15-12-18-7-8-19(15)9-10-20-16-5-3-14(17)4-6-16/h3-6,13,15,18H,7-12H2,1-2H3. The van der Waals surface area contributed by atoms with Crippen LogP contribution in [0.3, 0.4) is 0 Å². The molecule has 0 aromatic heterocycles. The molecule has 1 aromatic carbocycles. The monoisotopic (exact) mass is 296 g/mol. The minimum absolute atomic E-state index is 0.637. The fourth-order valence-electron chi connectivity index (χ4n) is 2.69. The Kier molecular flexibility index (Phi) is 6.14. The highest BCUT2D eigenvalue weighted by Crippen LogP contribution is 2.16. The molecule has 1 atom stereocenters. The molecule has 112 valence electrons. The van der Waals surface area contributed by atoms with Gasteiger partial charge in [-0.05, 0) is 36.6 Å². The van der Waals surface area contributed by atoms with E-state index in [1.807, 2.05) is 24.3 Å². The maximum absolute atomic E-state index is 5.86. The Hall–Kier alpha value is -0.770. The number of hydrogen-bond donors (Lipinski definition) is 1. The summed E-state index contributed by atoms with van der Waals surface area (Å²) in [5.74, 6) is 1.63. The van der Waals surface area contributed by atoms with E-state index < -0.39 is 0 Å². The highest BCUT2D eigenvalue weighted by Gasteiger charge is 2.22. The van der Waals surface area contributed by atoms with Crippen molar-refractivity contribution in [2.24, 2.45) is 5.92 Å². The Morgan fingerprint density at radius 2 is 2.10 bits per heavy atom. The summed E-state index contributed by atoms with van der Waals surface area (Å²) < 4.78 is 5.80. The Labute approximate surface area is 127 Å². The molecule has 0 aliphatic carbocycles. The predicted octanol–water partition coefficient (Wildman–Crippen LogP) is 3.04.